The summed E-state index contributed by atoms with van der Waals surface area (Å²) in [5.74, 6) is 2.61. The lowest BCUT2D eigenvalue weighted by Crippen LogP contribution is -2.24. The number of terminal acetylenes is 1. The number of hydrogen-bond donors (Lipinski definition) is 1. The van der Waals surface area contributed by atoms with Gasteiger partial charge >= 0.3 is 0 Å². The van der Waals surface area contributed by atoms with Crippen LogP contribution in [0.25, 0.3) is 11.1 Å². The molecule has 0 saturated carbocycles. The van der Waals surface area contributed by atoms with Crippen LogP contribution in [0.2, 0.25) is 0 Å². The number of rotatable bonds is 6. The summed E-state index contributed by atoms with van der Waals surface area (Å²) in [5.41, 5.74) is 3.10. The van der Waals surface area contributed by atoms with E-state index in [0.717, 1.165) is 23.1 Å². The van der Waals surface area contributed by atoms with Crippen LogP contribution in [-0.4, -0.2) is 15.0 Å². The molecule has 0 aliphatic heterocycles. The van der Waals surface area contributed by atoms with E-state index in [4.69, 9.17) is 6.42 Å². The molecule has 0 saturated heterocycles. The van der Waals surface area contributed by atoms with Gasteiger partial charge in [-0.3, -0.25) is 0 Å². The van der Waals surface area contributed by atoms with E-state index in [0.29, 0.717) is 13.0 Å². The van der Waals surface area contributed by atoms with Crippen LogP contribution in [0.15, 0.2) is 53.4 Å². The van der Waals surface area contributed by atoms with Gasteiger partial charge in [0.15, 0.2) is 0 Å². The molecule has 0 amide bonds. The molecule has 2 aromatic carbocycles. The summed E-state index contributed by atoms with van der Waals surface area (Å²) in [6.07, 6.45) is 6.67. The van der Waals surface area contributed by atoms with E-state index in [-0.39, 0.29) is 4.90 Å². The van der Waals surface area contributed by atoms with Crippen LogP contribution >= 0.6 is 0 Å². The molecule has 0 bridgehead atoms. The Morgan fingerprint density at radius 2 is 1.55 bits per heavy atom. The summed E-state index contributed by atoms with van der Waals surface area (Å²) in [6, 6.07) is 14.8. The maximum Gasteiger partial charge on any atom is 0.240 e. The second-order valence-electron chi connectivity index (χ2n) is 5.00. The van der Waals surface area contributed by atoms with E-state index in [1.165, 1.54) is 0 Å². The molecule has 3 nitrogen and oxygen atoms in total. The first-order chi connectivity index (χ1) is 10.6. The van der Waals surface area contributed by atoms with Crippen molar-refractivity contribution in [3.05, 3.63) is 54.1 Å². The normalized spacial score (nSPS) is 11.1. The van der Waals surface area contributed by atoms with Crippen molar-refractivity contribution in [2.45, 2.75) is 24.7 Å². The lowest BCUT2D eigenvalue weighted by Gasteiger charge is -2.07. The van der Waals surface area contributed by atoms with Crippen LogP contribution in [-0.2, 0) is 16.4 Å². The van der Waals surface area contributed by atoms with Gasteiger partial charge < -0.3 is 0 Å². The van der Waals surface area contributed by atoms with Gasteiger partial charge in [0.25, 0.3) is 0 Å². The molecular weight excluding hydrogens is 294 g/mol. The molecule has 0 aliphatic rings. The van der Waals surface area contributed by atoms with Crippen molar-refractivity contribution in [2.75, 3.05) is 6.54 Å². The van der Waals surface area contributed by atoms with Gasteiger partial charge in [-0.1, -0.05) is 43.3 Å². The van der Waals surface area contributed by atoms with Gasteiger partial charge in [-0.25, -0.2) is 13.1 Å². The van der Waals surface area contributed by atoms with Crippen molar-refractivity contribution in [2.24, 2.45) is 0 Å². The fourth-order valence-corrected chi connectivity index (χ4v) is 3.21. The molecule has 2 rings (SSSR count). The zero-order chi connectivity index (χ0) is 16.0. The van der Waals surface area contributed by atoms with Crippen LogP contribution in [0.4, 0.5) is 0 Å². The zero-order valence-electron chi connectivity index (χ0n) is 12.5. The molecule has 2 aromatic rings. The number of benzene rings is 2. The Morgan fingerprint density at radius 1 is 1.00 bits per heavy atom. The third kappa shape index (κ3) is 3.97. The van der Waals surface area contributed by atoms with Gasteiger partial charge in [-0.15, -0.1) is 12.3 Å². The summed E-state index contributed by atoms with van der Waals surface area (Å²) >= 11 is 0. The predicted octanol–water partition coefficient (Wildman–Crippen LogP) is 3.22. The highest BCUT2D eigenvalue weighted by Gasteiger charge is 2.12. The van der Waals surface area contributed by atoms with Crippen molar-refractivity contribution in [3.8, 4) is 23.5 Å². The summed E-state index contributed by atoms with van der Waals surface area (Å²) in [6.45, 7) is 2.37. The Kier molecular flexibility index (Phi) is 5.37. The van der Waals surface area contributed by atoms with Gasteiger partial charge in [0, 0.05) is 13.0 Å². The number of nitrogens with one attached hydrogen (secondary N) is 1. The minimum absolute atomic E-state index is 0.286. The van der Waals surface area contributed by atoms with E-state index < -0.39 is 10.0 Å². The molecule has 0 aliphatic carbocycles. The number of sulfonamides is 1. The van der Waals surface area contributed by atoms with Crippen molar-refractivity contribution in [3.63, 3.8) is 0 Å². The molecule has 0 heterocycles. The molecule has 0 aromatic heterocycles. The third-order valence-electron chi connectivity index (χ3n) is 3.30. The predicted molar refractivity (Wildman–Crippen MR) is 89.9 cm³/mol. The van der Waals surface area contributed by atoms with Crippen molar-refractivity contribution in [1.82, 2.24) is 4.72 Å². The Balaban J connectivity index is 2.20. The van der Waals surface area contributed by atoms with E-state index in [9.17, 15) is 8.42 Å². The minimum Gasteiger partial charge on any atom is -0.211 e. The van der Waals surface area contributed by atoms with Crippen molar-refractivity contribution < 1.29 is 8.42 Å². The van der Waals surface area contributed by atoms with Gasteiger partial charge in [0.05, 0.1) is 4.90 Å². The van der Waals surface area contributed by atoms with Crippen LogP contribution in [0.5, 0.6) is 0 Å². The summed E-state index contributed by atoms with van der Waals surface area (Å²) in [7, 11) is -3.41. The van der Waals surface area contributed by atoms with Gasteiger partial charge in [0.2, 0.25) is 10.0 Å². The molecule has 0 unspecified atom stereocenters. The minimum atomic E-state index is -3.41. The first-order valence-electron chi connectivity index (χ1n) is 7.19. The van der Waals surface area contributed by atoms with Crippen LogP contribution in [0, 0.1) is 12.3 Å². The lowest BCUT2D eigenvalue weighted by molar-refractivity contribution is 0.581. The van der Waals surface area contributed by atoms with Crippen molar-refractivity contribution in [1.29, 1.82) is 0 Å². The van der Waals surface area contributed by atoms with E-state index in [1.54, 1.807) is 12.1 Å². The highest BCUT2D eigenvalue weighted by Crippen LogP contribution is 2.22. The number of hydrogen-bond acceptors (Lipinski definition) is 2. The van der Waals surface area contributed by atoms with Crippen LogP contribution in [0.1, 0.15) is 18.9 Å². The van der Waals surface area contributed by atoms with Crippen LogP contribution in [0.3, 0.4) is 0 Å². The molecule has 0 spiro atoms. The topological polar surface area (TPSA) is 46.2 Å². The SMILES string of the molecule is C#CCc1ccc(-c2ccc(S(=O)(=O)NCCC)cc2)cc1. The average molecular weight is 313 g/mol. The molecular formula is C18H19NO2S. The lowest BCUT2D eigenvalue weighted by atomic mass is 10.0. The van der Waals surface area contributed by atoms with Crippen molar-refractivity contribution >= 4 is 10.0 Å². The zero-order valence-corrected chi connectivity index (χ0v) is 13.4. The fourth-order valence-electron chi connectivity index (χ4n) is 2.08. The standard InChI is InChI=1S/C18H19NO2S/c1-3-5-15-6-8-16(9-7-15)17-10-12-18(13-11-17)22(20,21)19-14-4-2/h1,6-13,19H,4-5,14H2,2H3. The van der Waals surface area contributed by atoms with Gasteiger partial charge in [-0.2, -0.15) is 0 Å². The molecule has 1 N–H and O–H groups in total. The van der Waals surface area contributed by atoms with E-state index in [2.05, 4.69) is 10.6 Å². The second-order valence-corrected chi connectivity index (χ2v) is 6.77. The first kappa shape index (κ1) is 16.3. The Labute approximate surface area is 132 Å². The molecule has 0 radical (unpaired) electrons. The summed E-state index contributed by atoms with van der Waals surface area (Å²) in [4.78, 5) is 0.286. The highest BCUT2D eigenvalue weighted by atomic mass is 32.2. The molecule has 0 fully saturated rings. The third-order valence-corrected chi connectivity index (χ3v) is 4.78. The Morgan fingerprint density at radius 3 is 2.05 bits per heavy atom. The summed E-state index contributed by atoms with van der Waals surface area (Å²) < 4.78 is 26.6. The molecule has 0 atom stereocenters. The van der Waals surface area contributed by atoms with E-state index >= 15 is 0 Å². The van der Waals surface area contributed by atoms with Gasteiger partial charge in [-0.05, 0) is 35.2 Å². The fraction of sp³-hybridized carbons (Fsp3) is 0.222. The van der Waals surface area contributed by atoms with Gasteiger partial charge in [0.1, 0.15) is 0 Å². The monoisotopic (exact) mass is 313 g/mol. The molecule has 22 heavy (non-hydrogen) atoms. The van der Waals surface area contributed by atoms with E-state index in [1.807, 2.05) is 43.3 Å². The molecule has 114 valence electrons. The maximum atomic E-state index is 12.0. The molecule has 4 heteroatoms. The largest absolute Gasteiger partial charge is 0.240 e. The second kappa shape index (κ2) is 7.26. The average Bonchev–Trinajstić information content (AvgIpc) is 2.54. The summed E-state index contributed by atoms with van der Waals surface area (Å²) in [5, 5.41) is 0. The Hall–Kier alpha value is -2.09. The quantitative estimate of drug-likeness (QED) is 0.832. The maximum absolute atomic E-state index is 12.0. The smallest absolute Gasteiger partial charge is 0.211 e. The highest BCUT2D eigenvalue weighted by molar-refractivity contribution is 7.89. The first-order valence-corrected chi connectivity index (χ1v) is 8.67. The van der Waals surface area contributed by atoms with Crippen LogP contribution < -0.4 is 4.72 Å². The Bertz CT molecular complexity index is 754.